The predicted molar refractivity (Wildman–Crippen MR) is 108 cm³/mol. The second-order valence-electron chi connectivity index (χ2n) is 7.08. The molecule has 0 amide bonds. The Bertz CT molecular complexity index is 849. The number of ether oxygens (including phenoxy) is 3. The first-order valence-corrected chi connectivity index (χ1v) is 11.5. The number of benzene rings is 2. The maximum atomic E-state index is 13.5. The number of carbonyl (C=O) groups excluding carboxylic acids is 1. The number of hydrogen-bond donors (Lipinski definition) is 1. The molecule has 30 heavy (non-hydrogen) atoms. The van der Waals surface area contributed by atoms with Gasteiger partial charge in [0.25, 0.3) is 0 Å². The lowest BCUT2D eigenvalue weighted by Gasteiger charge is -2.23. The van der Waals surface area contributed by atoms with Gasteiger partial charge in [0, 0.05) is 6.54 Å². The number of rotatable bonds is 9. The summed E-state index contributed by atoms with van der Waals surface area (Å²) in [5.41, 5.74) is 0. The molecule has 8 nitrogen and oxygen atoms in total. The molecule has 0 aliphatic carbocycles. The van der Waals surface area contributed by atoms with E-state index in [0.29, 0.717) is 11.5 Å². The summed E-state index contributed by atoms with van der Waals surface area (Å²) in [6.07, 6.45) is -0.931. The van der Waals surface area contributed by atoms with E-state index in [1.807, 2.05) is 19.1 Å². The third-order valence-corrected chi connectivity index (χ3v) is 6.34. The molecule has 2 fully saturated rings. The van der Waals surface area contributed by atoms with E-state index in [1.165, 1.54) is 0 Å². The summed E-state index contributed by atoms with van der Waals surface area (Å²) in [5, 5.41) is 2.86. The number of fused-ring (bicyclic) bond motifs is 1. The summed E-state index contributed by atoms with van der Waals surface area (Å²) >= 11 is 0. The van der Waals surface area contributed by atoms with E-state index in [-0.39, 0.29) is 12.6 Å². The largest absolute Gasteiger partial charge is 0.512 e. The molecule has 1 N–H and O–H groups in total. The molecular weight excluding hydrogens is 409 g/mol. The highest BCUT2D eigenvalue weighted by Gasteiger charge is 2.54. The molecule has 2 heterocycles. The minimum atomic E-state index is -3.81. The maximum Gasteiger partial charge on any atom is 0.512 e. The third kappa shape index (κ3) is 4.78. The van der Waals surface area contributed by atoms with Gasteiger partial charge >= 0.3 is 13.9 Å². The van der Waals surface area contributed by atoms with Crippen LogP contribution in [0.4, 0.5) is 4.79 Å². The normalized spacial score (nSPS) is 25.3. The van der Waals surface area contributed by atoms with Gasteiger partial charge in [-0.3, -0.25) is 0 Å². The van der Waals surface area contributed by atoms with Gasteiger partial charge in [0.1, 0.15) is 17.6 Å². The van der Waals surface area contributed by atoms with Gasteiger partial charge < -0.3 is 23.3 Å². The zero-order valence-electron chi connectivity index (χ0n) is 16.5. The van der Waals surface area contributed by atoms with Crippen LogP contribution in [-0.2, 0) is 18.8 Å². The molecule has 0 saturated carbocycles. The Balaban J connectivity index is 1.49. The van der Waals surface area contributed by atoms with Crippen molar-refractivity contribution in [2.24, 2.45) is 0 Å². The Labute approximate surface area is 175 Å². The molecule has 2 aliphatic heterocycles. The van der Waals surface area contributed by atoms with Crippen LogP contribution in [0, 0.1) is 0 Å². The Morgan fingerprint density at radius 1 is 0.900 bits per heavy atom. The monoisotopic (exact) mass is 433 g/mol. The van der Waals surface area contributed by atoms with Gasteiger partial charge in [-0.2, -0.15) is 5.09 Å². The Kier molecular flexibility index (Phi) is 6.27. The van der Waals surface area contributed by atoms with Crippen molar-refractivity contribution in [3.8, 4) is 11.5 Å². The molecule has 160 valence electrons. The van der Waals surface area contributed by atoms with Crippen molar-refractivity contribution in [1.82, 2.24) is 5.09 Å². The van der Waals surface area contributed by atoms with Gasteiger partial charge in [-0.1, -0.05) is 49.7 Å². The van der Waals surface area contributed by atoms with E-state index < -0.39 is 32.2 Å². The van der Waals surface area contributed by atoms with E-state index >= 15 is 0 Å². The first-order chi connectivity index (χ1) is 14.6. The number of carbonyl (C=O) groups is 1. The minimum Gasteiger partial charge on any atom is -0.424 e. The highest BCUT2D eigenvalue weighted by Crippen LogP contribution is 2.45. The van der Waals surface area contributed by atoms with Gasteiger partial charge in [0.2, 0.25) is 0 Å². The van der Waals surface area contributed by atoms with Gasteiger partial charge in [-0.15, -0.1) is 0 Å². The fraction of sp³-hybridized carbons (Fsp3) is 0.381. The summed E-state index contributed by atoms with van der Waals surface area (Å²) in [6.45, 7) is 2.12. The molecule has 0 aromatic heterocycles. The van der Waals surface area contributed by atoms with Crippen molar-refractivity contribution in [2.45, 2.75) is 44.2 Å². The van der Waals surface area contributed by atoms with Crippen molar-refractivity contribution < 1.29 is 32.6 Å². The van der Waals surface area contributed by atoms with Crippen LogP contribution in [-0.4, -0.2) is 37.1 Å². The molecule has 2 aliphatic rings. The van der Waals surface area contributed by atoms with Crippen LogP contribution in [0.1, 0.15) is 19.8 Å². The van der Waals surface area contributed by atoms with E-state index in [4.69, 9.17) is 23.3 Å². The zero-order valence-corrected chi connectivity index (χ0v) is 17.4. The van der Waals surface area contributed by atoms with E-state index in [9.17, 15) is 9.36 Å². The average molecular weight is 433 g/mol. The van der Waals surface area contributed by atoms with Gasteiger partial charge in [-0.25, -0.2) is 9.36 Å². The minimum absolute atomic E-state index is 0.0922. The van der Waals surface area contributed by atoms with Gasteiger partial charge in [0.15, 0.2) is 12.2 Å². The van der Waals surface area contributed by atoms with E-state index in [1.54, 1.807) is 48.5 Å². The first-order valence-electron chi connectivity index (χ1n) is 9.93. The molecule has 0 unspecified atom stereocenters. The quantitative estimate of drug-likeness (QED) is 0.462. The smallest absolute Gasteiger partial charge is 0.424 e. The molecule has 2 saturated heterocycles. The summed E-state index contributed by atoms with van der Waals surface area (Å²) in [4.78, 5) is 11.6. The fourth-order valence-corrected chi connectivity index (χ4v) is 4.91. The second kappa shape index (κ2) is 9.08. The van der Waals surface area contributed by atoms with Crippen LogP contribution in [0.15, 0.2) is 60.7 Å². The predicted octanol–water partition coefficient (Wildman–Crippen LogP) is 4.31. The number of nitrogens with one attached hydrogen (secondary N) is 1. The lowest BCUT2D eigenvalue weighted by Crippen LogP contribution is -2.36. The fourth-order valence-electron chi connectivity index (χ4n) is 3.54. The van der Waals surface area contributed by atoms with Crippen molar-refractivity contribution in [3.63, 3.8) is 0 Å². The SMILES string of the molecule is CCC[C@H]1O[C@H](CNP(=O)(Oc2ccccc2)Oc2ccccc2)[C@H]2OC(=O)O[C@H]21. The van der Waals surface area contributed by atoms with Crippen molar-refractivity contribution >= 4 is 13.9 Å². The van der Waals surface area contributed by atoms with Crippen molar-refractivity contribution in [3.05, 3.63) is 60.7 Å². The first kappa shape index (κ1) is 20.7. The van der Waals surface area contributed by atoms with Crippen LogP contribution in [0.2, 0.25) is 0 Å². The van der Waals surface area contributed by atoms with E-state index in [2.05, 4.69) is 5.09 Å². The maximum absolute atomic E-state index is 13.5. The molecule has 0 radical (unpaired) electrons. The molecule has 2 aromatic carbocycles. The molecule has 4 rings (SSSR count). The summed E-state index contributed by atoms with van der Waals surface area (Å²) < 4.78 is 41.5. The van der Waals surface area contributed by atoms with Gasteiger partial charge in [-0.05, 0) is 30.7 Å². The lowest BCUT2D eigenvalue weighted by atomic mass is 10.0. The molecule has 0 spiro atoms. The average Bonchev–Trinajstić information content (AvgIpc) is 3.26. The van der Waals surface area contributed by atoms with Crippen LogP contribution >= 0.6 is 7.75 Å². The topological polar surface area (TPSA) is 92.3 Å². The summed E-state index contributed by atoms with van der Waals surface area (Å²) in [5.74, 6) is 0.794. The van der Waals surface area contributed by atoms with Crippen LogP contribution in [0.25, 0.3) is 0 Å². The summed E-state index contributed by atoms with van der Waals surface area (Å²) in [6, 6.07) is 17.5. The van der Waals surface area contributed by atoms with Crippen LogP contribution < -0.4 is 14.1 Å². The van der Waals surface area contributed by atoms with Crippen LogP contribution in [0.5, 0.6) is 11.5 Å². The van der Waals surface area contributed by atoms with Crippen molar-refractivity contribution in [2.75, 3.05) is 6.54 Å². The summed E-state index contributed by atoms with van der Waals surface area (Å²) in [7, 11) is -3.81. The number of hydrogen-bond acceptors (Lipinski definition) is 7. The van der Waals surface area contributed by atoms with Crippen LogP contribution in [0.3, 0.4) is 0 Å². The zero-order chi connectivity index (χ0) is 21.0. The highest BCUT2D eigenvalue weighted by atomic mass is 31.2. The van der Waals surface area contributed by atoms with E-state index in [0.717, 1.165) is 12.8 Å². The molecule has 9 heteroatoms. The number of para-hydroxylation sites is 2. The Morgan fingerprint density at radius 2 is 1.43 bits per heavy atom. The second-order valence-corrected chi connectivity index (χ2v) is 8.76. The molecule has 4 atom stereocenters. The third-order valence-electron chi connectivity index (χ3n) is 4.87. The van der Waals surface area contributed by atoms with Crippen molar-refractivity contribution in [1.29, 1.82) is 0 Å². The standard InChI is InChI=1S/C21H24NO7P/c1-2-9-17-19-20(27-21(23)26-19)18(25-17)14-22-30(24,28-15-10-5-3-6-11-15)29-16-12-7-4-8-13-16/h3-8,10-13,17-20H,2,9,14H2,1H3,(H,22,24)/t17-,18-,19+,20-/m1/s1. The molecule has 2 aromatic rings. The van der Waals surface area contributed by atoms with Gasteiger partial charge in [0.05, 0.1) is 6.10 Å². The molecule has 0 bridgehead atoms. The Hall–Kier alpha value is -2.54. The Morgan fingerprint density at radius 3 is 1.97 bits per heavy atom. The highest BCUT2D eigenvalue weighted by molar-refractivity contribution is 7.52. The lowest BCUT2D eigenvalue weighted by molar-refractivity contribution is -0.0235. The molecular formula is C21H24NO7P.